The van der Waals surface area contributed by atoms with E-state index >= 15 is 0 Å². The summed E-state index contributed by atoms with van der Waals surface area (Å²) in [6, 6.07) is 26.1. The van der Waals surface area contributed by atoms with E-state index in [0.717, 1.165) is 53.3 Å². The van der Waals surface area contributed by atoms with E-state index in [1.807, 2.05) is 54.6 Å². The van der Waals surface area contributed by atoms with Gasteiger partial charge in [0.25, 0.3) is 0 Å². The molecule has 0 aromatic heterocycles. The first-order valence-corrected chi connectivity index (χ1v) is 14.3. The summed E-state index contributed by atoms with van der Waals surface area (Å²) in [5, 5.41) is 3.28. The summed E-state index contributed by atoms with van der Waals surface area (Å²) < 4.78 is 0.962. The third-order valence-electron chi connectivity index (χ3n) is 7.27. The number of halogens is 1. The fourth-order valence-electron chi connectivity index (χ4n) is 5.09. The second kappa shape index (κ2) is 13.6. The van der Waals surface area contributed by atoms with Crippen molar-refractivity contribution in [3.63, 3.8) is 0 Å². The van der Waals surface area contributed by atoms with Gasteiger partial charge in [0, 0.05) is 29.9 Å². The fourth-order valence-corrected chi connectivity index (χ4v) is 5.54. The van der Waals surface area contributed by atoms with Gasteiger partial charge < -0.3 is 10.2 Å². The van der Waals surface area contributed by atoms with Crippen LogP contribution in [-0.2, 0) is 35.4 Å². The van der Waals surface area contributed by atoms with Crippen molar-refractivity contribution in [3.8, 4) is 0 Å². The highest BCUT2D eigenvalue weighted by atomic mass is 79.9. The Hall–Kier alpha value is -2.92. The molecule has 3 aromatic carbocycles. The van der Waals surface area contributed by atoms with Crippen molar-refractivity contribution in [1.82, 2.24) is 10.2 Å². The number of aryl methyl sites for hydroxylation is 2. The maximum atomic E-state index is 13.8. The minimum Gasteiger partial charge on any atom is -0.352 e. The molecule has 4 rings (SSSR count). The molecule has 1 atom stereocenters. The maximum absolute atomic E-state index is 13.8. The Labute approximate surface area is 229 Å². The molecule has 1 fully saturated rings. The highest BCUT2D eigenvalue weighted by Gasteiger charge is 2.32. The first-order chi connectivity index (χ1) is 18.0. The van der Waals surface area contributed by atoms with Gasteiger partial charge in [-0.15, -0.1) is 0 Å². The van der Waals surface area contributed by atoms with Gasteiger partial charge >= 0.3 is 0 Å². The minimum atomic E-state index is -0.572. The predicted molar refractivity (Wildman–Crippen MR) is 153 cm³/mol. The average molecular weight is 562 g/mol. The first kappa shape index (κ1) is 27.1. The van der Waals surface area contributed by atoms with Crippen molar-refractivity contribution in [1.29, 1.82) is 0 Å². The molecule has 0 unspecified atom stereocenters. The van der Waals surface area contributed by atoms with E-state index in [9.17, 15) is 9.59 Å². The third-order valence-corrected chi connectivity index (χ3v) is 7.77. The standard InChI is InChI=1S/C32H37BrN2O2/c1-2-24-15-17-25(18-16-24)19-20-31(36)35(23-27-11-8-12-28(33)21-27)30(22-26-9-4-3-5-10-26)32(37)34-29-13-6-7-14-29/h3-5,8-12,15-18,21,29-30H,2,6-7,13-14,19-20,22-23H2,1H3,(H,34,37)/t30-/m0/s1. The second-order valence-corrected chi connectivity index (χ2v) is 10.9. The van der Waals surface area contributed by atoms with Crippen LogP contribution < -0.4 is 5.32 Å². The Morgan fingerprint density at radius 1 is 0.892 bits per heavy atom. The largest absolute Gasteiger partial charge is 0.352 e. The molecule has 1 aliphatic carbocycles. The van der Waals surface area contributed by atoms with Crippen molar-refractivity contribution in [2.75, 3.05) is 0 Å². The number of hydrogen-bond acceptors (Lipinski definition) is 2. The quantitative estimate of drug-likeness (QED) is 0.285. The van der Waals surface area contributed by atoms with E-state index < -0.39 is 6.04 Å². The topological polar surface area (TPSA) is 49.4 Å². The Bertz CT molecular complexity index is 1160. The smallest absolute Gasteiger partial charge is 0.243 e. The molecule has 0 saturated heterocycles. The summed E-state index contributed by atoms with van der Waals surface area (Å²) in [5.41, 5.74) is 4.49. The Morgan fingerprint density at radius 2 is 1.57 bits per heavy atom. The summed E-state index contributed by atoms with van der Waals surface area (Å²) in [6.45, 7) is 2.53. The van der Waals surface area contributed by atoms with E-state index in [1.54, 1.807) is 4.90 Å². The van der Waals surface area contributed by atoms with Crippen LogP contribution in [0.4, 0.5) is 0 Å². The zero-order chi connectivity index (χ0) is 26.0. The highest BCUT2D eigenvalue weighted by molar-refractivity contribution is 9.10. The van der Waals surface area contributed by atoms with E-state index in [2.05, 4.69) is 52.4 Å². The SMILES string of the molecule is CCc1ccc(CCC(=O)N(Cc2cccc(Br)c2)[C@@H](Cc2ccccc2)C(=O)NC2CCCC2)cc1. The molecule has 0 heterocycles. The molecule has 3 aromatic rings. The van der Waals surface area contributed by atoms with Crippen molar-refractivity contribution in [2.24, 2.45) is 0 Å². The van der Waals surface area contributed by atoms with Crippen LogP contribution in [0.25, 0.3) is 0 Å². The molecule has 0 aliphatic heterocycles. The molecule has 2 amide bonds. The summed E-state index contributed by atoms with van der Waals surface area (Å²) in [4.78, 5) is 29.4. The van der Waals surface area contributed by atoms with Crippen LogP contribution >= 0.6 is 15.9 Å². The van der Waals surface area contributed by atoms with E-state index in [4.69, 9.17) is 0 Å². The number of amides is 2. The molecule has 0 bridgehead atoms. The molecule has 0 spiro atoms. The number of carbonyl (C=O) groups is 2. The number of nitrogens with one attached hydrogen (secondary N) is 1. The van der Waals surface area contributed by atoms with Gasteiger partial charge in [0.15, 0.2) is 0 Å². The molecule has 5 heteroatoms. The van der Waals surface area contributed by atoms with Crippen LogP contribution in [0.1, 0.15) is 61.3 Å². The van der Waals surface area contributed by atoms with Gasteiger partial charge in [0.1, 0.15) is 6.04 Å². The molecule has 37 heavy (non-hydrogen) atoms. The molecule has 1 N–H and O–H groups in total. The number of carbonyl (C=O) groups excluding carboxylic acids is 2. The molecule has 0 radical (unpaired) electrons. The summed E-state index contributed by atoms with van der Waals surface area (Å²) in [5.74, 6) is -0.0477. The second-order valence-electron chi connectivity index (χ2n) is 10.0. The number of hydrogen-bond donors (Lipinski definition) is 1. The minimum absolute atomic E-state index is 0.00190. The molecule has 1 aliphatic rings. The lowest BCUT2D eigenvalue weighted by atomic mass is 10.0. The zero-order valence-corrected chi connectivity index (χ0v) is 23.3. The monoisotopic (exact) mass is 560 g/mol. The van der Waals surface area contributed by atoms with Crippen molar-refractivity contribution in [3.05, 3.63) is 106 Å². The van der Waals surface area contributed by atoms with Crippen LogP contribution in [0.5, 0.6) is 0 Å². The third kappa shape index (κ3) is 8.03. The van der Waals surface area contributed by atoms with Crippen molar-refractivity contribution >= 4 is 27.7 Å². The predicted octanol–water partition coefficient (Wildman–Crippen LogP) is 6.64. The molecular weight excluding hydrogens is 524 g/mol. The van der Waals surface area contributed by atoms with E-state index in [0.29, 0.717) is 25.8 Å². The van der Waals surface area contributed by atoms with Gasteiger partial charge in [-0.25, -0.2) is 0 Å². The molecule has 1 saturated carbocycles. The van der Waals surface area contributed by atoms with Crippen LogP contribution in [-0.4, -0.2) is 28.8 Å². The molecular formula is C32H37BrN2O2. The normalized spacial score (nSPS) is 14.3. The van der Waals surface area contributed by atoms with Crippen LogP contribution in [0.15, 0.2) is 83.3 Å². The lowest BCUT2D eigenvalue weighted by Crippen LogP contribution is -2.52. The van der Waals surface area contributed by atoms with Crippen LogP contribution in [0, 0.1) is 0 Å². The summed E-state index contributed by atoms with van der Waals surface area (Å²) >= 11 is 3.56. The lowest BCUT2D eigenvalue weighted by Gasteiger charge is -2.32. The van der Waals surface area contributed by atoms with Gasteiger partial charge in [-0.1, -0.05) is 102 Å². The van der Waals surface area contributed by atoms with Crippen molar-refractivity contribution < 1.29 is 9.59 Å². The van der Waals surface area contributed by atoms with Gasteiger partial charge in [-0.3, -0.25) is 9.59 Å². The molecule has 4 nitrogen and oxygen atoms in total. The van der Waals surface area contributed by atoms with Crippen molar-refractivity contribution in [2.45, 2.75) is 76.9 Å². The van der Waals surface area contributed by atoms with Gasteiger partial charge in [0.2, 0.25) is 11.8 Å². The maximum Gasteiger partial charge on any atom is 0.243 e. The Kier molecular flexibility index (Phi) is 9.95. The average Bonchev–Trinajstić information content (AvgIpc) is 3.43. The van der Waals surface area contributed by atoms with Crippen LogP contribution in [0.2, 0.25) is 0 Å². The lowest BCUT2D eigenvalue weighted by molar-refractivity contribution is -0.141. The number of nitrogens with zero attached hydrogens (tertiary/aromatic N) is 1. The highest BCUT2D eigenvalue weighted by Crippen LogP contribution is 2.22. The first-order valence-electron chi connectivity index (χ1n) is 13.5. The van der Waals surface area contributed by atoms with Gasteiger partial charge in [0.05, 0.1) is 0 Å². The Morgan fingerprint density at radius 3 is 2.24 bits per heavy atom. The van der Waals surface area contributed by atoms with E-state index in [1.165, 1.54) is 5.56 Å². The molecule has 194 valence electrons. The number of rotatable bonds is 11. The summed E-state index contributed by atoms with van der Waals surface area (Å²) in [7, 11) is 0. The summed E-state index contributed by atoms with van der Waals surface area (Å²) in [6.07, 6.45) is 6.81. The fraction of sp³-hybridized carbons (Fsp3) is 0.375. The number of benzene rings is 3. The van der Waals surface area contributed by atoms with E-state index in [-0.39, 0.29) is 17.9 Å². The Balaban J connectivity index is 1.59. The van der Waals surface area contributed by atoms with Gasteiger partial charge in [-0.2, -0.15) is 0 Å². The zero-order valence-electron chi connectivity index (χ0n) is 21.7. The van der Waals surface area contributed by atoms with Gasteiger partial charge in [-0.05, 0) is 60.1 Å². The van der Waals surface area contributed by atoms with Crippen LogP contribution in [0.3, 0.4) is 0 Å².